The van der Waals surface area contributed by atoms with Crippen LogP contribution in [0.4, 0.5) is 0 Å². The Bertz CT molecular complexity index is 1010. The molecule has 0 saturated carbocycles. The number of nitrogens with zero attached hydrogens (tertiary/aromatic N) is 3. The van der Waals surface area contributed by atoms with E-state index in [2.05, 4.69) is 12.1 Å². The third-order valence-corrected chi connectivity index (χ3v) is 4.66. The van der Waals surface area contributed by atoms with Gasteiger partial charge in [-0.05, 0) is 61.4 Å². The molecule has 0 unspecified atom stereocenters. The lowest BCUT2D eigenvalue weighted by atomic mass is 10.0. The van der Waals surface area contributed by atoms with Gasteiger partial charge in [0, 0.05) is 16.9 Å². The summed E-state index contributed by atoms with van der Waals surface area (Å²) in [5.41, 5.74) is 11.6. The van der Waals surface area contributed by atoms with Crippen molar-refractivity contribution in [1.82, 2.24) is 4.57 Å². The van der Waals surface area contributed by atoms with Gasteiger partial charge >= 0.3 is 0 Å². The molecule has 27 heavy (non-hydrogen) atoms. The smallest absolute Gasteiger partial charge is 0.178 e. The Morgan fingerprint density at radius 1 is 0.963 bits per heavy atom. The minimum absolute atomic E-state index is 0.0636. The summed E-state index contributed by atoms with van der Waals surface area (Å²) in [7, 11) is 0. The standard InChI is InChI=1S/C22H18N4O/c1-14-21(20(27)13-25)15(2)26(19-9-5-17(12-24)6-10-19)22(14)18-7-3-16(11-23)4-8-18/h3-10H,13,25H2,1-2H3. The van der Waals surface area contributed by atoms with Crippen molar-refractivity contribution in [2.75, 3.05) is 6.54 Å². The van der Waals surface area contributed by atoms with Crippen molar-refractivity contribution in [3.8, 4) is 29.1 Å². The molecule has 3 aromatic rings. The van der Waals surface area contributed by atoms with E-state index in [1.165, 1.54) is 0 Å². The molecule has 2 aromatic carbocycles. The number of ketones is 1. The molecular formula is C22H18N4O. The van der Waals surface area contributed by atoms with E-state index >= 15 is 0 Å². The third-order valence-electron chi connectivity index (χ3n) is 4.66. The Balaban J connectivity index is 2.31. The van der Waals surface area contributed by atoms with Crippen LogP contribution < -0.4 is 5.73 Å². The molecule has 1 heterocycles. The summed E-state index contributed by atoms with van der Waals surface area (Å²) in [6, 6.07) is 18.7. The number of rotatable bonds is 4. The highest BCUT2D eigenvalue weighted by atomic mass is 16.1. The zero-order valence-corrected chi connectivity index (χ0v) is 15.2. The van der Waals surface area contributed by atoms with E-state index in [4.69, 9.17) is 16.3 Å². The predicted octanol–water partition coefficient (Wildman–Crippen LogP) is 3.65. The number of carbonyl (C=O) groups excluding carboxylic acids is 1. The number of nitriles is 2. The molecule has 1 aromatic heterocycles. The number of benzene rings is 2. The van der Waals surface area contributed by atoms with Gasteiger partial charge in [0.25, 0.3) is 0 Å². The van der Waals surface area contributed by atoms with Gasteiger partial charge in [-0.3, -0.25) is 4.79 Å². The van der Waals surface area contributed by atoms with Gasteiger partial charge in [0.1, 0.15) is 0 Å². The zero-order valence-electron chi connectivity index (χ0n) is 15.2. The van der Waals surface area contributed by atoms with Crippen molar-refractivity contribution in [3.63, 3.8) is 0 Å². The fourth-order valence-electron chi connectivity index (χ4n) is 3.41. The number of Topliss-reactive ketones (excluding diaryl/α,β-unsaturated/α-hetero) is 1. The van der Waals surface area contributed by atoms with Gasteiger partial charge in [-0.15, -0.1) is 0 Å². The average Bonchev–Trinajstić information content (AvgIpc) is 2.97. The molecule has 0 amide bonds. The van der Waals surface area contributed by atoms with Crippen molar-refractivity contribution < 1.29 is 4.79 Å². The summed E-state index contributed by atoms with van der Waals surface area (Å²) < 4.78 is 2.00. The maximum atomic E-state index is 12.5. The van der Waals surface area contributed by atoms with Gasteiger partial charge in [0.05, 0.1) is 35.5 Å². The van der Waals surface area contributed by atoms with Crippen LogP contribution in [0.5, 0.6) is 0 Å². The first kappa shape index (κ1) is 18.1. The lowest BCUT2D eigenvalue weighted by Crippen LogP contribution is -2.15. The third kappa shape index (κ3) is 3.13. The normalized spacial score (nSPS) is 10.3. The Morgan fingerprint density at radius 2 is 1.48 bits per heavy atom. The second-order valence-corrected chi connectivity index (χ2v) is 6.24. The SMILES string of the molecule is Cc1c(C(=O)CN)c(C)n(-c2ccc(C#N)cc2)c1-c1ccc(C#N)cc1. The molecule has 0 saturated heterocycles. The molecule has 5 heteroatoms. The number of carbonyl (C=O) groups is 1. The average molecular weight is 354 g/mol. The Labute approximate surface area is 157 Å². The number of hydrogen-bond acceptors (Lipinski definition) is 4. The highest BCUT2D eigenvalue weighted by Crippen LogP contribution is 2.34. The van der Waals surface area contributed by atoms with E-state index in [1.807, 2.05) is 42.7 Å². The van der Waals surface area contributed by atoms with Crippen molar-refractivity contribution in [2.24, 2.45) is 5.73 Å². The Kier molecular flexibility index (Phi) is 4.90. The summed E-state index contributed by atoms with van der Waals surface area (Å²) in [4.78, 5) is 12.5. The molecule has 132 valence electrons. The van der Waals surface area contributed by atoms with Crippen LogP contribution in [-0.4, -0.2) is 16.9 Å². The topological polar surface area (TPSA) is 95.6 Å². The van der Waals surface area contributed by atoms with E-state index in [1.54, 1.807) is 24.3 Å². The first-order valence-electron chi connectivity index (χ1n) is 8.48. The van der Waals surface area contributed by atoms with Crippen LogP contribution in [0.15, 0.2) is 48.5 Å². The second kappa shape index (κ2) is 7.29. The summed E-state index contributed by atoms with van der Waals surface area (Å²) in [5, 5.41) is 18.1. The first-order valence-corrected chi connectivity index (χ1v) is 8.48. The highest BCUT2D eigenvalue weighted by Gasteiger charge is 2.23. The second-order valence-electron chi connectivity index (χ2n) is 6.24. The van der Waals surface area contributed by atoms with Gasteiger partial charge in [-0.2, -0.15) is 10.5 Å². The maximum absolute atomic E-state index is 12.5. The number of hydrogen-bond donors (Lipinski definition) is 1. The Morgan fingerprint density at radius 3 is 1.96 bits per heavy atom. The van der Waals surface area contributed by atoms with Crippen LogP contribution in [0.2, 0.25) is 0 Å². The molecule has 0 bridgehead atoms. The van der Waals surface area contributed by atoms with Gasteiger partial charge in [-0.1, -0.05) is 12.1 Å². The molecule has 3 rings (SSSR count). The molecule has 0 aliphatic carbocycles. The molecule has 5 nitrogen and oxygen atoms in total. The number of nitrogens with two attached hydrogens (primary N) is 1. The van der Waals surface area contributed by atoms with E-state index < -0.39 is 0 Å². The van der Waals surface area contributed by atoms with Crippen LogP contribution in [-0.2, 0) is 0 Å². The summed E-state index contributed by atoms with van der Waals surface area (Å²) in [5.74, 6) is -0.118. The summed E-state index contributed by atoms with van der Waals surface area (Å²) in [6.07, 6.45) is 0. The van der Waals surface area contributed by atoms with Crippen molar-refractivity contribution in [2.45, 2.75) is 13.8 Å². The lowest BCUT2D eigenvalue weighted by Gasteiger charge is -2.13. The molecule has 0 aliphatic rings. The first-order chi connectivity index (χ1) is 13.0. The maximum Gasteiger partial charge on any atom is 0.178 e. The Hall–Kier alpha value is -3.67. The molecule has 0 spiro atoms. The van der Waals surface area contributed by atoms with Gasteiger partial charge < -0.3 is 10.3 Å². The van der Waals surface area contributed by atoms with E-state index in [0.29, 0.717) is 16.7 Å². The van der Waals surface area contributed by atoms with Gasteiger partial charge in [0.2, 0.25) is 0 Å². The lowest BCUT2D eigenvalue weighted by molar-refractivity contribution is 0.100. The molecule has 0 fully saturated rings. The van der Waals surface area contributed by atoms with Crippen LogP contribution in [0.3, 0.4) is 0 Å². The van der Waals surface area contributed by atoms with Gasteiger partial charge in [0.15, 0.2) is 5.78 Å². The molecular weight excluding hydrogens is 336 g/mol. The minimum atomic E-state index is -0.118. The van der Waals surface area contributed by atoms with Crippen LogP contribution >= 0.6 is 0 Å². The summed E-state index contributed by atoms with van der Waals surface area (Å²) >= 11 is 0. The zero-order chi connectivity index (χ0) is 19.6. The summed E-state index contributed by atoms with van der Waals surface area (Å²) in [6.45, 7) is 3.73. The predicted molar refractivity (Wildman–Crippen MR) is 103 cm³/mol. The monoisotopic (exact) mass is 354 g/mol. The molecule has 0 atom stereocenters. The van der Waals surface area contributed by atoms with Crippen LogP contribution in [0.25, 0.3) is 16.9 Å². The van der Waals surface area contributed by atoms with Crippen molar-refractivity contribution >= 4 is 5.78 Å². The largest absolute Gasteiger partial charge is 0.324 e. The van der Waals surface area contributed by atoms with Crippen molar-refractivity contribution in [3.05, 3.63) is 76.5 Å². The van der Waals surface area contributed by atoms with Crippen LogP contribution in [0, 0.1) is 36.5 Å². The van der Waals surface area contributed by atoms with E-state index in [0.717, 1.165) is 28.2 Å². The van der Waals surface area contributed by atoms with E-state index in [9.17, 15) is 4.79 Å². The van der Waals surface area contributed by atoms with Crippen molar-refractivity contribution in [1.29, 1.82) is 10.5 Å². The molecule has 2 N–H and O–H groups in total. The fraction of sp³-hybridized carbons (Fsp3) is 0.136. The quantitative estimate of drug-likeness (QED) is 0.723. The van der Waals surface area contributed by atoms with E-state index in [-0.39, 0.29) is 12.3 Å². The number of aromatic nitrogens is 1. The molecule has 0 aliphatic heterocycles. The van der Waals surface area contributed by atoms with Crippen LogP contribution in [0.1, 0.15) is 32.7 Å². The van der Waals surface area contributed by atoms with Gasteiger partial charge in [-0.25, -0.2) is 0 Å². The molecule has 0 radical (unpaired) electrons. The highest BCUT2D eigenvalue weighted by molar-refractivity contribution is 6.02. The minimum Gasteiger partial charge on any atom is -0.324 e. The fourth-order valence-corrected chi connectivity index (χ4v) is 3.41.